The van der Waals surface area contributed by atoms with Crippen molar-refractivity contribution in [3.8, 4) is 5.75 Å². The van der Waals surface area contributed by atoms with Gasteiger partial charge in [0.15, 0.2) is 0 Å². The van der Waals surface area contributed by atoms with Crippen molar-refractivity contribution in [3.63, 3.8) is 0 Å². The monoisotopic (exact) mass is 194 g/mol. The lowest BCUT2D eigenvalue weighted by Crippen LogP contribution is -2.35. The minimum absolute atomic E-state index is 0.116. The molecule has 0 aromatic carbocycles. The first kappa shape index (κ1) is 11.0. The van der Waals surface area contributed by atoms with Crippen LogP contribution in [0, 0.1) is 0 Å². The number of hydrogen-bond donors (Lipinski definition) is 1. The largest absolute Gasteiger partial charge is 0.497 e. The Hall–Kier alpha value is -1.09. The SMILES string of the molecule is COc1ccnc(CNC(C)(C)C)c1. The first-order chi connectivity index (χ1) is 6.51. The Kier molecular flexibility index (Phi) is 3.47. The Morgan fingerprint density at radius 3 is 2.71 bits per heavy atom. The van der Waals surface area contributed by atoms with Crippen molar-refractivity contribution in [2.24, 2.45) is 0 Å². The van der Waals surface area contributed by atoms with Gasteiger partial charge in [-0.15, -0.1) is 0 Å². The Labute approximate surface area is 85.5 Å². The summed E-state index contributed by atoms with van der Waals surface area (Å²) in [5.41, 5.74) is 1.12. The maximum absolute atomic E-state index is 5.12. The van der Waals surface area contributed by atoms with E-state index in [0.717, 1.165) is 18.0 Å². The molecule has 0 saturated heterocycles. The third-order valence-corrected chi connectivity index (χ3v) is 1.82. The third kappa shape index (κ3) is 3.75. The molecule has 0 fully saturated rings. The predicted octanol–water partition coefficient (Wildman–Crippen LogP) is 1.98. The molecule has 3 heteroatoms. The number of nitrogens with zero attached hydrogens (tertiary/aromatic N) is 1. The second-order valence-corrected chi connectivity index (χ2v) is 4.29. The third-order valence-electron chi connectivity index (χ3n) is 1.82. The van der Waals surface area contributed by atoms with E-state index in [0.29, 0.717) is 0 Å². The van der Waals surface area contributed by atoms with Crippen LogP contribution in [0.4, 0.5) is 0 Å². The minimum atomic E-state index is 0.116. The van der Waals surface area contributed by atoms with Crippen molar-refractivity contribution in [1.29, 1.82) is 0 Å². The zero-order valence-electron chi connectivity index (χ0n) is 9.29. The van der Waals surface area contributed by atoms with Crippen LogP contribution >= 0.6 is 0 Å². The molecule has 0 aliphatic rings. The highest BCUT2D eigenvalue weighted by atomic mass is 16.5. The molecular formula is C11H18N2O. The summed E-state index contributed by atoms with van der Waals surface area (Å²) in [6, 6.07) is 3.79. The zero-order valence-corrected chi connectivity index (χ0v) is 9.29. The Morgan fingerprint density at radius 1 is 1.43 bits per heavy atom. The predicted molar refractivity (Wildman–Crippen MR) is 57.4 cm³/mol. The summed E-state index contributed by atoms with van der Waals surface area (Å²) in [6.45, 7) is 7.16. The van der Waals surface area contributed by atoms with Crippen molar-refractivity contribution >= 4 is 0 Å². The van der Waals surface area contributed by atoms with Gasteiger partial charge in [-0.1, -0.05) is 0 Å². The maximum atomic E-state index is 5.12. The molecule has 0 radical (unpaired) electrons. The standard InChI is InChI=1S/C11H18N2O/c1-11(2,3)13-8-9-7-10(14-4)5-6-12-9/h5-7,13H,8H2,1-4H3. The van der Waals surface area contributed by atoms with Crippen LogP contribution in [0.15, 0.2) is 18.3 Å². The molecule has 78 valence electrons. The molecule has 0 spiro atoms. The summed E-state index contributed by atoms with van der Waals surface area (Å²) in [7, 11) is 1.66. The smallest absolute Gasteiger partial charge is 0.122 e. The zero-order chi connectivity index (χ0) is 10.6. The van der Waals surface area contributed by atoms with Gasteiger partial charge in [-0.05, 0) is 26.8 Å². The Bertz CT molecular complexity index is 292. The number of rotatable bonds is 3. The van der Waals surface area contributed by atoms with E-state index in [1.807, 2.05) is 12.1 Å². The van der Waals surface area contributed by atoms with E-state index in [2.05, 4.69) is 31.1 Å². The van der Waals surface area contributed by atoms with Crippen molar-refractivity contribution in [1.82, 2.24) is 10.3 Å². The van der Waals surface area contributed by atoms with Crippen molar-refractivity contribution in [3.05, 3.63) is 24.0 Å². The second-order valence-electron chi connectivity index (χ2n) is 4.29. The molecule has 14 heavy (non-hydrogen) atoms. The molecule has 0 saturated carbocycles. The Balaban J connectivity index is 2.59. The molecule has 3 nitrogen and oxygen atoms in total. The highest BCUT2D eigenvalue weighted by Gasteiger charge is 2.08. The summed E-state index contributed by atoms with van der Waals surface area (Å²) in [5, 5.41) is 3.37. The molecule has 1 rings (SSSR count). The maximum Gasteiger partial charge on any atom is 0.122 e. The fourth-order valence-corrected chi connectivity index (χ4v) is 1.04. The van der Waals surface area contributed by atoms with Gasteiger partial charge in [0, 0.05) is 24.3 Å². The summed E-state index contributed by atoms with van der Waals surface area (Å²) in [4.78, 5) is 4.25. The molecule has 0 aliphatic heterocycles. The van der Waals surface area contributed by atoms with E-state index in [-0.39, 0.29) is 5.54 Å². The normalized spacial score (nSPS) is 11.4. The van der Waals surface area contributed by atoms with Gasteiger partial charge >= 0.3 is 0 Å². The van der Waals surface area contributed by atoms with Crippen LogP contribution in [0.2, 0.25) is 0 Å². The van der Waals surface area contributed by atoms with Crippen LogP contribution < -0.4 is 10.1 Å². The van der Waals surface area contributed by atoms with Gasteiger partial charge in [-0.25, -0.2) is 0 Å². The quantitative estimate of drug-likeness (QED) is 0.799. The fraction of sp³-hybridized carbons (Fsp3) is 0.545. The second kappa shape index (κ2) is 4.42. The van der Waals surface area contributed by atoms with Crippen LogP contribution in [0.1, 0.15) is 26.5 Å². The summed E-state index contributed by atoms with van der Waals surface area (Å²) in [6.07, 6.45) is 1.76. The Morgan fingerprint density at radius 2 is 2.14 bits per heavy atom. The van der Waals surface area contributed by atoms with E-state index >= 15 is 0 Å². The van der Waals surface area contributed by atoms with Crippen LogP contribution in [-0.4, -0.2) is 17.6 Å². The van der Waals surface area contributed by atoms with Crippen molar-refractivity contribution in [2.75, 3.05) is 7.11 Å². The van der Waals surface area contributed by atoms with E-state index in [1.54, 1.807) is 13.3 Å². The average molecular weight is 194 g/mol. The van der Waals surface area contributed by atoms with Crippen LogP contribution in [0.25, 0.3) is 0 Å². The molecule has 0 bridgehead atoms. The van der Waals surface area contributed by atoms with Gasteiger partial charge in [0.2, 0.25) is 0 Å². The average Bonchev–Trinajstić information content (AvgIpc) is 2.14. The lowest BCUT2D eigenvalue weighted by molar-refractivity contribution is 0.407. The first-order valence-corrected chi connectivity index (χ1v) is 4.75. The number of hydrogen-bond acceptors (Lipinski definition) is 3. The van der Waals surface area contributed by atoms with Crippen molar-refractivity contribution < 1.29 is 4.74 Å². The summed E-state index contributed by atoms with van der Waals surface area (Å²) in [5.74, 6) is 0.853. The van der Waals surface area contributed by atoms with E-state index in [9.17, 15) is 0 Å². The molecule has 1 aromatic heterocycles. The molecule has 1 N–H and O–H groups in total. The molecule has 0 atom stereocenters. The molecule has 1 aromatic rings. The number of methoxy groups -OCH3 is 1. The number of ether oxygens (including phenoxy) is 1. The lowest BCUT2D eigenvalue weighted by atomic mass is 10.1. The molecule has 0 aliphatic carbocycles. The van der Waals surface area contributed by atoms with Gasteiger partial charge in [0.1, 0.15) is 5.75 Å². The fourth-order valence-electron chi connectivity index (χ4n) is 1.04. The minimum Gasteiger partial charge on any atom is -0.497 e. The molecule has 0 amide bonds. The van der Waals surface area contributed by atoms with Gasteiger partial charge in [0.05, 0.1) is 12.8 Å². The lowest BCUT2D eigenvalue weighted by Gasteiger charge is -2.20. The number of pyridine rings is 1. The van der Waals surface area contributed by atoms with Gasteiger partial charge in [-0.2, -0.15) is 0 Å². The number of nitrogens with one attached hydrogen (secondary N) is 1. The van der Waals surface area contributed by atoms with Crippen molar-refractivity contribution in [2.45, 2.75) is 32.9 Å². The molecule has 1 heterocycles. The highest BCUT2D eigenvalue weighted by Crippen LogP contribution is 2.10. The highest BCUT2D eigenvalue weighted by molar-refractivity contribution is 5.22. The first-order valence-electron chi connectivity index (χ1n) is 4.75. The molecule has 0 unspecified atom stereocenters. The summed E-state index contributed by atoms with van der Waals surface area (Å²) < 4.78 is 5.12. The van der Waals surface area contributed by atoms with E-state index < -0.39 is 0 Å². The van der Waals surface area contributed by atoms with E-state index in [4.69, 9.17) is 4.74 Å². The van der Waals surface area contributed by atoms with Crippen LogP contribution in [-0.2, 0) is 6.54 Å². The van der Waals surface area contributed by atoms with Gasteiger partial charge in [0.25, 0.3) is 0 Å². The van der Waals surface area contributed by atoms with Crippen LogP contribution in [0.5, 0.6) is 5.75 Å². The topological polar surface area (TPSA) is 34.1 Å². The van der Waals surface area contributed by atoms with Gasteiger partial charge in [-0.3, -0.25) is 4.98 Å². The van der Waals surface area contributed by atoms with Crippen LogP contribution in [0.3, 0.4) is 0 Å². The molecular weight excluding hydrogens is 176 g/mol. The van der Waals surface area contributed by atoms with E-state index in [1.165, 1.54) is 0 Å². The summed E-state index contributed by atoms with van der Waals surface area (Å²) >= 11 is 0. The number of aromatic nitrogens is 1. The van der Waals surface area contributed by atoms with Gasteiger partial charge < -0.3 is 10.1 Å².